The van der Waals surface area contributed by atoms with Crippen molar-refractivity contribution in [3.05, 3.63) is 29.3 Å². The van der Waals surface area contributed by atoms with E-state index in [1.54, 1.807) is 11.3 Å². The number of nitrogens with zero attached hydrogens (tertiary/aromatic N) is 2. The van der Waals surface area contributed by atoms with E-state index in [-0.39, 0.29) is 5.91 Å². The minimum atomic E-state index is -0.644. The lowest BCUT2D eigenvalue weighted by molar-refractivity contribution is -0.917. The van der Waals surface area contributed by atoms with Crippen LogP contribution in [0.5, 0.6) is 0 Å². The number of quaternary nitrogens is 1. The van der Waals surface area contributed by atoms with Gasteiger partial charge < -0.3 is 20.9 Å². The molecule has 3 rings (SSSR count). The van der Waals surface area contributed by atoms with E-state index < -0.39 is 12.1 Å². The number of thiazole rings is 1. The highest BCUT2D eigenvalue weighted by Gasteiger charge is 2.30. The van der Waals surface area contributed by atoms with Crippen molar-refractivity contribution >= 4 is 33.5 Å². The Bertz CT molecular complexity index is 765. The number of carbonyl (C=O) groups is 2. The van der Waals surface area contributed by atoms with E-state index >= 15 is 0 Å². The molecule has 1 atom stereocenters. The van der Waals surface area contributed by atoms with Crippen LogP contribution in [0.15, 0.2) is 24.3 Å². The Kier molecular flexibility index (Phi) is 6.28. The van der Waals surface area contributed by atoms with E-state index in [1.807, 2.05) is 36.9 Å². The number of fused-ring (bicyclic) bond motifs is 1. The molecule has 27 heavy (non-hydrogen) atoms. The lowest BCUT2D eigenvalue weighted by Gasteiger charge is -2.34. The fraction of sp³-hybridized carbons (Fsp3) is 0.526. The van der Waals surface area contributed by atoms with E-state index in [9.17, 15) is 9.59 Å². The fourth-order valence-corrected chi connectivity index (χ4v) is 4.55. The van der Waals surface area contributed by atoms with Gasteiger partial charge in [0.15, 0.2) is 0 Å². The molecule has 7 nitrogen and oxygen atoms in total. The molecule has 1 aliphatic rings. The van der Waals surface area contributed by atoms with Crippen LogP contribution in [0.3, 0.4) is 0 Å². The Hall–Kier alpha value is -2.19. The van der Waals surface area contributed by atoms with E-state index in [2.05, 4.69) is 11.4 Å². The number of urea groups is 1. The monoisotopic (exact) mass is 390 g/mol. The molecule has 0 spiro atoms. The van der Waals surface area contributed by atoms with E-state index in [0.29, 0.717) is 25.4 Å². The zero-order chi connectivity index (χ0) is 19.4. The number of aromatic nitrogens is 1. The maximum Gasteiger partial charge on any atom is 0.312 e. The Balaban J connectivity index is 1.55. The second-order valence-electron chi connectivity index (χ2n) is 7.52. The second-order valence-corrected chi connectivity index (χ2v) is 8.63. The molecule has 1 aromatic heterocycles. The number of para-hydroxylation sites is 1. The number of hydrogen-bond donors (Lipinski definition) is 3. The van der Waals surface area contributed by atoms with Gasteiger partial charge in [-0.2, -0.15) is 0 Å². The van der Waals surface area contributed by atoms with Crippen molar-refractivity contribution in [2.75, 3.05) is 26.2 Å². The van der Waals surface area contributed by atoms with Crippen LogP contribution in [-0.4, -0.2) is 54.0 Å². The van der Waals surface area contributed by atoms with Gasteiger partial charge in [0.25, 0.3) is 0 Å². The molecular weight excluding hydrogens is 362 g/mol. The van der Waals surface area contributed by atoms with Gasteiger partial charge in [-0.05, 0) is 24.5 Å². The molecule has 2 heterocycles. The summed E-state index contributed by atoms with van der Waals surface area (Å²) >= 11 is 1.74. The number of nitrogens with two attached hydrogens (primary N) is 1. The van der Waals surface area contributed by atoms with Gasteiger partial charge in [-0.25, -0.2) is 9.78 Å². The van der Waals surface area contributed by atoms with Crippen LogP contribution in [0.2, 0.25) is 0 Å². The number of carbonyl (C=O) groups excluding carboxylic acids is 2. The third-order valence-corrected chi connectivity index (χ3v) is 5.88. The number of primary amides is 1. The maximum absolute atomic E-state index is 12.8. The summed E-state index contributed by atoms with van der Waals surface area (Å²) in [6, 6.07) is 7.01. The molecule has 1 aliphatic heterocycles. The van der Waals surface area contributed by atoms with Crippen LogP contribution in [0.25, 0.3) is 10.2 Å². The molecule has 1 aromatic carbocycles. The molecule has 146 valence electrons. The smallest absolute Gasteiger partial charge is 0.312 e. The minimum absolute atomic E-state index is 0.0264. The normalized spacial score (nSPS) is 16.6. The molecule has 0 unspecified atom stereocenters. The summed E-state index contributed by atoms with van der Waals surface area (Å²) in [5, 5.41) is 3.74. The molecule has 0 radical (unpaired) electrons. The Morgan fingerprint density at radius 3 is 2.63 bits per heavy atom. The predicted molar refractivity (Wildman–Crippen MR) is 107 cm³/mol. The number of hydrogen-bond acceptors (Lipinski definition) is 4. The second kappa shape index (κ2) is 8.67. The summed E-state index contributed by atoms with van der Waals surface area (Å²) < 4.78 is 1.22. The van der Waals surface area contributed by atoms with Gasteiger partial charge >= 0.3 is 6.03 Å². The lowest BCUT2D eigenvalue weighted by Crippen LogP contribution is -3.13. The number of rotatable bonds is 6. The third kappa shape index (κ3) is 5.17. The first-order valence-corrected chi connectivity index (χ1v) is 10.3. The number of nitrogens with one attached hydrogen (secondary N) is 2. The van der Waals surface area contributed by atoms with Crippen LogP contribution in [0.1, 0.15) is 25.3 Å². The van der Waals surface area contributed by atoms with Gasteiger partial charge in [0, 0.05) is 0 Å². The Morgan fingerprint density at radius 2 is 2.00 bits per heavy atom. The van der Waals surface area contributed by atoms with Crippen molar-refractivity contribution < 1.29 is 14.5 Å². The number of amides is 3. The average molecular weight is 391 g/mol. The molecule has 1 fully saturated rings. The van der Waals surface area contributed by atoms with Crippen molar-refractivity contribution in [3.8, 4) is 0 Å². The summed E-state index contributed by atoms with van der Waals surface area (Å²) in [5.74, 6) is 0.276. The molecule has 1 saturated heterocycles. The van der Waals surface area contributed by atoms with Gasteiger partial charge in [0.2, 0.25) is 5.91 Å². The van der Waals surface area contributed by atoms with Crippen molar-refractivity contribution in [1.82, 2.24) is 15.2 Å². The highest BCUT2D eigenvalue weighted by Crippen LogP contribution is 2.20. The van der Waals surface area contributed by atoms with Crippen LogP contribution in [0.4, 0.5) is 4.79 Å². The molecule has 8 heteroatoms. The summed E-state index contributed by atoms with van der Waals surface area (Å²) in [7, 11) is 0. The first kappa shape index (κ1) is 19.6. The van der Waals surface area contributed by atoms with Crippen LogP contribution in [-0.2, 0) is 11.3 Å². The Morgan fingerprint density at radius 1 is 1.30 bits per heavy atom. The first-order chi connectivity index (χ1) is 12.9. The summed E-state index contributed by atoms with van der Waals surface area (Å²) in [6.45, 7) is 8.09. The Labute approximate surface area is 163 Å². The maximum atomic E-state index is 12.8. The number of benzene rings is 1. The summed E-state index contributed by atoms with van der Waals surface area (Å²) in [5.41, 5.74) is 6.30. The molecular formula is C19H28N5O2S+. The van der Waals surface area contributed by atoms with Crippen molar-refractivity contribution in [2.24, 2.45) is 11.7 Å². The van der Waals surface area contributed by atoms with Crippen molar-refractivity contribution in [3.63, 3.8) is 0 Å². The highest BCUT2D eigenvalue weighted by atomic mass is 32.1. The molecule has 0 bridgehead atoms. The van der Waals surface area contributed by atoms with Crippen LogP contribution < -0.4 is 16.0 Å². The average Bonchev–Trinajstić information content (AvgIpc) is 3.02. The van der Waals surface area contributed by atoms with Gasteiger partial charge in [0.05, 0.1) is 36.4 Å². The highest BCUT2D eigenvalue weighted by molar-refractivity contribution is 7.18. The quantitative estimate of drug-likeness (QED) is 0.675. The summed E-state index contributed by atoms with van der Waals surface area (Å²) in [6.07, 6.45) is 0.598. The lowest BCUT2D eigenvalue weighted by atomic mass is 10.0. The fourth-order valence-electron chi connectivity index (χ4n) is 3.51. The molecule has 4 N–H and O–H groups in total. The van der Waals surface area contributed by atoms with E-state index in [1.165, 1.54) is 9.60 Å². The van der Waals surface area contributed by atoms with Gasteiger partial charge in [-0.3, -0.25) is 4.79 Å². The molecule has 0 saturated carbocycles. The molecule has 3 amide bonds. The SMILES string of the molecule is CC(C)C[C@@H](NC(N)=O)C(=O)N1CC[NH+](Cc2nc3ccccc3s2)CC1. The van der Waals surface area contributed by atoms with Crippen molar-refractivity contribution in [1.29, 1.82) is 0 Å². The third-order valence-electron chi connectivity index (χ3n) is 4.84. The predicted octanol–water partition coefficient (Wildman–Crippen LogP) is 0.606. The van der Waals surface area contributed by atoms with Crippen molar-refractivity contribution in [2.45, 2.75) is 32.9 Å². The zero-order valence-electron chi connectivity index (χ0n) is 15.9. The van der Waals surface area contributed by atoms with Crippen LogP contribution in [0, 0.1) is 5.92 Å². The largest absolute Gasteiger partial charge is 0.352 e. The van der Waals surface area contributed by atoms with Gasteiger partial charge in [0.1, 0.15) is 17.6 Å². The van der Waals surface area contributed by atoms with E-state index in [4.69, 9.17) is 10.7 Å². The van der Waals surface area contributed by atoms with Crippen LogP contribution >= 0.6 is 11.3 Å². The summed E-state index contributed by atoms with van der Waals surface area (Å²) in [4.78, 5) is 32.0. The first-order valence-electron chi connectivity index (χ1n) is 9.45. The molecule has 0 aliphatic carbocycles. The molecule has 2 aromatic rings. The zero-order valence-corrected chi connectivity index (χ0v) is 16.7. The number of piperazine rings is 1. The van der Waals surface area contributed by atoms with Gasteiger partial charge in [-0.1, -0.05) is 26.0 Å². The van der Waals surface area contributed by atoms with Gasteiger partial charge in [-0.15, -0.1) is 11.3 Å². The topological polar surface area (TPSA) is 92.8 Å². The minimum Gasteiger partial charge on any atom is -0.352 e. The standard InChI is InChI=1S/C19H27N5O2S/c1-13(2)11-15(22-19(20)26)18(25)24-9-7-23(8-10-24)12-17-21-14-5-3-4-6-16(14)27-17/h3-6,13,15H,7-12H2,1-2H3,(H3,20,22,26)/p+1/t15-/m1/s1. The van der Waals surface area contributed by atoms with E-state index in [0.717, 1.165) is 30.2 Å².